The zero-order valence-electron chi connectivity index (χ0n) is 10.4. The first-order chi connectivity index (χ1) is 8.13. The maximum absolute atomic E-state index is 11.6. The third kappa shape index (κ3) is 5.53. The summed E-state index contributed by atoms with van der Waals surface area (Å²) in [6, 6.07) is 0. The molecule has 1 fully saturated rings. The standard InChI is InChI=1S/C13H21ClO3/c1-2-17-13(16)11-5-3-4-10(6-8-11)7-9-12(14)15/h10-11H,2-9H2,1H3. The molecule has 17 heavy (non-hydrogen) atoms. The van der Waals surface area contributed by atoms with Crippen molar-refractivity contribution in [3.05, 3.63) is 0 Å². The lowest BCUT2D eigenvalue weighted by atomic mass is 9.94. The second kappa shape index (κ2) is 7.70. The van der Waals surface area contributed by atoms with Gasteiger partial charge in [0.2, 0.25) is 5.24 Å². The molecule has 0 radical (unpaired) electrons. The molecule has 4 heteroatoms. The molecule has 0 aromatic rings. The van der Waals surface area contributed by atoms with Gasteiger partial charge in [0.15, 0.2) is 0 Å². The Kier molecular flexibility index (Phi) is 6.56. The summed E-state index contributed by atoms with van der Waals surface area (Å²) < 4.78 is 5.06. The fraction of sp³-hybridized carbons (Fsp3) is 0.846. The van der Waals surface area contributed by atoms with Crippen LogP contribution in [0.2, 0.25) is 0 Å². The van der Waals surface area contributed by atoms with Gasteiger partial charge in [0, 0.05) is 6.42 Å². The number of rotatable bonds is 5. The Balaban J connectivity index is 2.33. The number of hydrogen-bond donors (Lipinski definition) is 0. The average molecular weight is 261 g/mol. The Morgan fingerprint density at radius 3 is 2.65 bits per heavy atom. The first-order valence-electron chi connectivity index (χ1n) is 6.48. The van der Waals surface area contributed by atoms with Gasteiger partial charge < -0.3 is 4.74 Å². The van der Waals surface area contributed by atoms with Gasteiger partial charge in [0.05, 0.1) is 12.5 Å². The molecule has 0 saturated heterocycles. The maximum Gasteiger partial charge on any atom is 0.308 e. The van der Waals surface area contributed by atoms with E-state index in [1.807, 2.05) is 6.92 Å². The van der Waals surface area contributed by atoms with Crippen LogP contribution in [0.1, 0.15) is 51.9 Å². The van der Waals surface area contributed by atoms with E-state index in [1.165, 1.54) is 0 Å². The van der Waals surface area contributed by atoms with E-state index in [-0.39, 0.29) is 17.1 Å². The minimum absolute atomic E-state index is 0.0541. The molecule has 3 nitrogen and oxygen atoms in total. The highest BCUT2D eigenvalue weighted by molar-refractivity contribution is 6.63. The van der Waals surface area contributed by atoms with E-state index < -0.39 is 0 Å². The minimum Gasteiger partial charge on any atom is -0.466 e. The van der Waals surface area contributed by atoms with Crippen molar-refractivity contribution in [2.75, 3.05) is 6.61 Å². The predicted molar refractivity (Wildman–Crippen MR) is 66.8 cm³/mol. The van der Waals surface area contributed by atoms with E-state index in [0.717, 1.165) is 38.5 Å². The molecule has 0 aliphatic heterocycles. The average Bonchev–Trinajstić information content (AvgIpc) is 2.52. The summed E-state index contributed by atoms with van der Waals surface area (Å²) in [6.45, 7) is 2.29. The Morgan fingerprint density at radius 2 is 2.00 bits per heavy atom. The van der Waals surface area contributed by atoms with Crippen LogP contribution < -0.4 is 0 Å². The van der Waals surface area contributed by atoms with Crippen molar-refractivity contribution >= 4 is 22.8 Å². The predicted octanol–water partition coefficient (Wildman–Crippen LogP) is 3.29. The van der Waals surface area contributed by atoms with Gasteiger partial charge in [-0.05, 0) is 50.1 Å². The fourth-order valence-corrected chi connectivity index (χ4v) is 2.59. The first-order valence-corrected chi connectivity index (χ1v) is 6.86. The number of hydrogen-bond acceptors (Lipinski definition) is 3. The Bertz CT molecular complexity index is 265. The van der Waals surface area contributed by atoms with Crippen LogP contribution in [-0.4, -0.2) is 17.8 Å². The third-order valence-corrected chi connectivity index (χ3v) is 3.65. The second-order valence-corrected chi connectivity index (χ2v) is 5.14. The molecular weight excluding hydrogens is 240 g/mol. The summed E-state index contributed by atoms with van der Waals surface area (Å²) in [5.74, 6) is 0.547. The summed E-state index contributed by atoms with van der Waals surface area (Å²) in [4.78, 5) is 22.3. The topological polar surface area (TPSA) is 43.4 Å². The van der Waals surface area contributed by atoms with Crippen molar-refractivity contribution in [3.8, 4) is 0 Å². The van der Waals surface area contributed by atoms with Gasteiger partial charge in [-0.1, -0.05) is 12.8 Å². The lowest BCUT2D eigenvalue weighted by Crippen LogP contribution is -2.17. The van der Waals surface area contributed by atoms with Crippen molar-refractivity contribution in [2.24, 2.45) is 11.8 Å². The molecule has 1 aliphatic carbocycles. The molecule has 1 saturated carbocycles. The van der Waals surface area contributed by atoms with E-state index in [4.69, 9.17) is 16.3 Å². The van der Waals surface area contributed by atoms with Crippen LogP contribution in [0.5, 0.6) is 0 Å². The highest BCUT2D eigenvalue weighted by Crippen LogP contribution is 2.30. The monoisotopic (exact) mass is 260 g/mol. The quantitative estimate of drug-likeness (QED) is 0.433. The normalized spacial score (nSPS) is 25.1. The van der Waals surface area contributed by atoms with E-state index in [1.54, 1.807) is 0 Å². The lowest BCUT2D eigenvalue weighted by molar-refractivity contribution is -0.148. The fourth-order valence-electron chi connectivity index (χ4n) is 2.48. The van der Waals surface area contributed by atoms with Crippen LogP contribution in [-0.2, 0) is 14.3 Å². The van der Waals surface area contributed by atoms with Gasteiger partial charge >= 0.3 is 5.97 Å². The highest BCUT2D eigenvalue weighted by atomic mass is 35.5. The van der Waals surface area contributed by atoms with Crippen molar-refractivity contribution in [2.45, 2.75) is 51.9 Å². The van der Waals surface area contributed by atoms with E-state index in [2.05, 4.69) is 0 Å². The molecule has 0 heterocycles. The minimum atomic E-state index is -0.254. The van der Waals surface area contributed by atoms with Crippen LogP contribution in [0.15, 0.2) is 0 Å². The molecule has 0 N–H and O–H groups in total. The highest BCUT2D eigenvalue weighted by Gasteiger charge is 2.24. The molecule has 2 atom stereocenters. The van der Waals surface area contributed by atoms with Crippen LogP contribution in [0.25, 0.3) is 0 Å². The largest absolute Gasteiger partial charge is 0.466 e. The van der Waals surface area contributed by atoms with E-state index in [0.29, 0.717) is 18.9 Å². The Labute approximate surface area is 108 Å². The molecule has 98 valence electrons. The Hall–Kier alpha value is -0.570. The molecule has 0 aromatic carbocycles. The van der Waals surface area contributed by atoms with Crippen LogP contribution >= 0.6 is 11.6 Å². The molecule has 1 rings (SSSR count). The number of esters is 1. The Morgan fingerprint density at radius 1 is 1.24 bits per heavy atom. The van der Waals surface area contributed by atoms with Gasteiger partial charge in [-0.15, -0.1) is 0 Å². The summed E-state index contributed by atoms with van der Waals surface area (Å²) in [5, 5.41) is -0.254. The first kappa shape index (κ1) is 14.5. The van der Waals surface area contributed by atoms with Gasteiger partial charge in [0.1, 0.15) is 0 Å². The van der Waals surface area contributed by atoms with Crippen molar-refractivity contribution in [1.29, 1.82) is 0 Å². The second-order valence-electron chi connectivity index (χ2n) is 4.72. The summed E-state index contributed by atoms with van der Waals surface area (Å²) in [6.07, 6.45) is 6.27. The molecule has 1 aliphatic rings. The maximum atomic E-state index is 11.6. The number of halogens is 1. The molecule has 0 spiro atoms. The van der Waals surface area contributed by atoms with E-state index in [9.17, 15) is 9.59 Å². The summed E-state index contributed by atoms with van der Waals surface area (Å²) >= 11 is 5.35. The molecule has 0 amide bonds. The van der Waals surface area contributed by atoms with E-state index >= 15 is 0 Å². The van der Waals surface area contributed by atoms with Crippen molar-refractivity contribution in [1.82, 2.24) is 0 Å². The van der Waals surface area contributed by atoms with Gasteiger partial charge in [-0.2, -0.15) is 0 Å². The lowest BCUT2D eigenvalue weighted by Gasteiger charge is -2.13. The van der Waals surface area contributed by atoms with Gasteiger partial charge in [0.25, 0.3) is 0 Å². The van der Waals surface area contributed by atoms with Gasteiger partial charge in [-0.3, -0.25) is 9.59 Å². The number of ether oxygens (including phenoxy) is 1. The van der Waals surface area contributed by atoms with Crippen molar-refractivity contribution in [3.63, 3.8) is 0 Å². The number of carbonyl (C=O) groups is 2. The molecule has 2 unspecified atom stereocenters. The number of carbonyl (C=O) groups excluding carboxylic acids is 2. The SMILES string of the molecule is CCOC(=O)C1CCCC(CCC(=O)Cl)CC1. The molecular formula is C13H21ClO3. The van der Waals surface area contributed by atoms with Crippen LogP contribution in [0.4, 0.5) is 0 Å². The van der Waals surface area contributed by atoms with Gasteiger partial charge in [-0.25, -0.2) is 0 Å². The van der Waals surface area contributed by atoms with Crippen LogP contribution in [0, 0.1) is 11.8 Å². The molecule has 0 bridgehead atoms. The van der Waals surface area contributed by atoms with Crippen molar-refractivity contribution < 1.29 is 14.3 Å². The van der Waals surface area contributed by atoms with Crippen LogP contribution in [0.3, 0.4) is 0 Å². The zero-order valence-corrected chi connectivity index (χ0v) is 11.2. The summed E-state index contributed by atoms with van der Waals surface area (Å²) in [5.41, 5.74) is 0. The molecule has 0 aromatic heterocycles. The summed E-state index contributed by atoms with van der Waals surface area (Å²) in [7, 11) is 0. The smallest absolute Gasteiger partial charge is 0.308 e. The third-order valence-electron chi connectivity index (χ3n) is 3.46. The zero-order chi connectivity index (χ0) is 12.7.